The number of aromatic nitrogens is 2. The lowest BCUT2D eigenvalue weighted by molar-refractivity contribution is -0.144. The number of hydrogen-bond acceptors (Lipinski definition) is 9. The summed E-state index contributed by atoms with van der Waals surface area (Å²) in [6.45, 7) is 12.4. The van der Waals surface area contributed by atoms with Gasteiger partial charge in [0.25, 0.3) is 6.01 Å². The van der Waals surface area contributed by atoms with Gasteiger partial charge in [0.2, 0.25) is 5.91 Å². The molecule has 14 heteroatoms. The molecule has 0 radical (unpaired) electrons. The third kappa shape index (κ3) is 11.0. The van der Waals surface area contributed by atoms with Gasteiger partial charge in [-0.05, 0) is 119 Å². The Balaban J connectivity index is 0.000000240. The summed E-state index contributed by atoms with van der Waals surface area (Å²) >= 11 is 0. The Labute approximate surface area is 343 Å². The number of amides is 4. The van der Waals surface area contributed by atoms with Crippen molar-refractivity contribution in [2.24, 2.45) is 17.8 Å². The van der Waals surface area contributed by atoms with Gasteiger partial charge in [0, 0.05) is 50.4 Å². The molecule has 4 aliphatic rings. The number of nitrogens with one attached hydrogen (secondary N) is 2. The summed E-state index contributed by atoms with van der Waals surface area (Å²) in [4.78, 5) is 64.5. The van der Waals surface area contributed by atoms with Crippen LogP contribution in [0.15, 0.2) is 36.4 Å². The van der Waals surface area contributed by atoms with Crippen molar-refractivity contribution in [3.63, 3.8) is 0 Å². The van der Waals surface area contributed by atoms with Crippen molar-refractivity contribution in [3.8, 4) is 6.01 Å². The van der Waals surface area contributed by atoms with Gasteiger partial charge in [-0.2, -0.15) is 4.98 Å². The fraction of sp³-hybridized carbons (Fsp3) is 0.614. The molecule has 2 aromatic carbocycles. The van der Waals surface area contributed by atoms with Crippen molar-refractivity contribution in [1.29, 1.82) is 0 Å². The van der Waals surface area contributed by atoms with Gasteiger partial charge < -0.3 is 39.2 Å². The highest BCUT2D eigenvalue weighted by atomic mass is 16.5. The van der Waals surface area contributed by atoms with E-state index in [1.807, 2.05) is 43.9 Å². The van der Waals surface area contributed by atoms with E-state index < -0.39 is 0 Å². The summed E-state index contributed by atoms with van der Waals surface area (Å²) < 4.78 is 15.1. The zero-order valence-electron chi connectivity index (χ0n) is 34.4. The molecule has 7 rings (SSSR count). The third-order valence-electron chi connectivity index (χ3n) is 12.3. The third-order valence-corrected chi connectivity index (χ3v) is 12.3. The Kier molecular flexibility index (Phi) is 15.8. The molecule has 14 nitrogen and oxygen atoms in total. The molecular weight excluding hydrogens is 739 g/mol. The number of hydrogen-bond donors (Lipinski definition) is 2. The Hall–Kier alpha value is -4.85. The van der Waals surface area contributed by atoms with E-state index in [1.54, 1.807) is 12.0 Å². The highest BCUT2D eigenvalue weighted by molar-refractivity contribution is 5.91. The maximum atomic E-state index is 13.2. The standard InChI is InChI=1S/C27H40N4O4.C16H21N3O3.CH4/c1-5-35-24(32)17-30-10-6-21(7-11-30)22-8-12-31(13-9-22)26(33)19(3)15-20-14-18(2)25-23(16-20)28-27(29-25)34-4;1-22-16(21)18-9-7-13(8-10-18)19-11-6-12-4-2-3-5-14(12)17-15(19)20;/h14,16,19,21-22H,5-13,15,17H2,1-4H3,(H,28,29);2-5,13H,6-11H2,1H3,(H,17,20);1H4/t19-;;/m1../s1. The van der Waals surface area contributed by atoms with E-state index in [1.165, 1.54) is 12.7 Å². The number of carbonyl (C=O) groups is 4. The Morgan fingerprint density at radius 2 is 1.55 bits per heavy atom. The molecule has 5 heterocycles. The highest BCUT2D eigenvalue weighted by Crippen LogP contribution is 2.33. The number of para-hydroxylation sites is 1. The van der Waals surface area contributed by atoms with Gasteiger partial charge in [0.05, 0.1) is 38.4 Å². The number of imidazole rings is 1. The first-order valence-corrected chi connectivity index (χ1v) is 20.7. The van der Waals surface area contributed by atoms with Crippen LogP contribution in [0.1, 0.15) is 76.5 Å². The molecule has 4 amide bonds. The molecule has 318 valence electrons. The number of anilines is 1. The van der Waals surface area contributed by atoms with E-state index >= 15 is 0 Å². The van der Waals surface area contributed by atoms with Gasteiger partial charge in [0.1, 0.15) is 0 Å². The number of fused-ring (bicyclic) bond motifs is 2. The number of piperidine rings is 3. The highest BCUT2D eigenvalue weighted by Gasteiger charge is 2.33. The maximum absolute atomic E-state index is 13.2. The van der Waals surface area contributed by atoms with Crippen molar-refractivity contribution in [3.05, 3.63) is 53.1 Å². The minimum absolute atomic E-state index is 0. The first-order chi connectivity index (χ1) is 27.6. The van der Waals surface area contributed by atoms with Gasteiger partial charge in [0.15, 0.2) is 0 Å². The van der Waals surface area contributed by atoms with E-state index in [0.717, 1.165) is 105 Å². The Morgan fingerprint density at radius 1 is 0.897 bits per heavy atom. The molecule has 0 aliphatic carbocycles. The van der Waals surface area contributed by atoms with Crippen LogP contribution in [0.3, 0.4) is 0 Å². The molecule has 3 aromatic rings. The molecule has 0 bridgehead atoms. The van der Waals surface area contributed by atoms with Crippen LogP contribution in [0.4, 0.5) is 15.3 Å². The van der Waals surface area contributed by atoms with Crippen molar-refractivity contribution in [2.75, 3.05) is 78.5 Å². The predicted molar refractivity (Wildman–Crippen MR) is 225 cm³/mol. The lowest BCUT2D eigenvalue weighted by Gasteiger charge is -2.40. The number of likely N-dealkylation sites (tertiary alicyclic amines) is 3. The van der Waals surface area contributed by atoms with Crippen molar-refractivity contribution in [2.45, 2.75) is 85.6 Å². The zero-order valence-corrected chi connectivity index (χ0v) is 34.4. The molecule has 3 fully saturated rings. The number of carbonyl (C=O) groups excluding carboxylic acids is 4. The molecule has 4 aliphatic heterocycles. The minimum Gasteiger partial charge on any atom is -0.468 e. The Morgan fingerprint density at radius 3 is 2.21 bits per heavy atom. The number of urea groups is 1. The average Bonchev–Trinajstić information content (AvgIpc) is 3.58. The summed E-state index contributed by atoms with van der Waals surface area (Å²) in [5.41, 5.74) is 6.17. The smallest absolute Gasteiger partial charge is 0.409 e. The van der Waals surface area contributed by atoms with Crippen molar-refractivity contribution in [1.82, 2.24) is 29.6 Å². The summed E-state index contributed by atoms with van der Waals surface area (Å²) in [6.07, 6.45) is 7.30. The van der Waals surface area contributed by atoms with Crippen LogP contribution in [0.5, 0.6) is 6.01 Å². The number of esters is 1. The van der Waals surface area contributed by atoms with Crippen LogP contribution in [0.2, 0.25) is 0 Å². The molecule has 0 spiro atoms. The van der Waals surface area contributed by atoms with Gasteiger partial charge in [-0.25, -0.2) is 9.59 Å². The molecule has 0 saturated carbocycles. The van der Waals surface area contributed by atoms with Crippen LogP contribution < -0.4 is 10.1 Å². The fourth-order valence-corrected chi connectivity index (χ4v) is 9.10. The number of benzene rings is 2. The second-order valence-corrected chi connectivity index (χ2v) is 16.0. The molecule has 2 N–H and O–H groups in total. The molecule has 0 unspecified atom stereocenters. The first kappa shape index (κ1) is 44.3. The SMILES string of the molecule is C.CCOC(=O)CN1CCC(C2CCN(C(=O)[C@H](C)Cc3cc(C)c4nc(OC)[nH]c4c3)CC2)CC1.COC(=O)N1CCC(N2CCc3ccccc3NC2=O)CC1. The summed E-state index contributed by atoms with van der Waals surface area (Å²) in [6, 6.07) is 12.8. The maximum Gasteiger partial charge on any atom is 0.409 e. The number of ether oxygens (including phenoxy) is 3. The molecule has 3 saturated heterocycles. The molecule has 58 heavy (non-hydrogen) atoms. The summed E-state index contributed by atoms with van der Waals surface area (Å²) in [5, 5.41) is 3.00. The van der Waals surface area contributed by atoms with Crippen LogP contribution in [0, 0.1) is 24.7 Å². The van der Waals surface area contributed by atoms with E-state index in [0.29, 0.717) is 50.6 Å². The topological polar surface area (TPSA) is 150 Å². The van der Waals surface area contributed by atoms with Crippen LogP contribution in [0.25, 0.3) is 11.0 Å². The van der Waals surface area contributed by atoms with E-state index in [-0.39, 0.29) is 43.4 Å². The second kappa shape index (κ2) is 20.7. The number of aromatic amines is 1. The monoisotopic (exact) mass is 803 g/mol. The number of aryl methyl sites for hydroxylation is 1. The molecular formula is C44H65N7O7. The van der Waals surface area contributed by atoms with Crippen LogP contribution in [-0.4, -0.2) is 133 Å². The molecule has 1 atom stereocenters. The van der Waals surface area contributed by atoms with Gasteiger partial charge >= 0.3 is 18.1 Å². The largest absolute Gasteiger partial charge is 0.468 e. The van der Waals surface area contributed by atoms with Gasteiger partial charge in [-0.15, -0.1) is 0 Å². The zero-order chi connectivity index (χ0) is 40.5. The second-order valence-electron chi connectivity index (χ2n) is 16.0. The number of H-pyrrole nitrogens is 1. The minimum atomic E-state index is -0.286. The lowest BCUT2D eigenvalue weighted by Crippen LogP contribution is -2.50. The van der Waals surface area contributed by atoms with E-state index in [2.05, 4.69) is 43.3 Å². The Bertz CT molecular complexity index is 1840. The lowest BCUT2D eigenvalue weighted by atomic mass is 9.78. The number of nitrogens with zero attached hydrogens (tertiary/aromatic N) is 5. The van der Waals surface area contributed by atoms with Crippen LogP contribution >= 0.6 is 0 Å². The first-order valence-electron chi connectivity index (χ1n) is 20.7. The summed E-state index contributed by atoms with van der Waals surface area (Å²) in [5.74, 6) is 1.46. The predicted octanol–water partition coefficient (Wildman–Crippen LogP) is 6.52. The van der Waals surface area contributed by atoms with Gasteiger partial charge in [-0.3, -0.25) is 14.5 Å². The number of rotatable bonds is 9. The fourth-order valence-electron chi connectivity index (χ4n) is 9.10. The normalized spacial score (nSPS) is 18.8. The molecule has 1 aromatic heterocycles. The van der Waals surface area contributed by atoms with Gasteiger partial charge in [-0.1, -0.05) is 38.6 Å². The number of methoxy groups -OCH3 is 2. The van der Waals surface area contributed by atoms with E-state index in [9.17, 15) is 19.2 Å². The van der Waals surface area contributed by atoms with Crippen LogP contribution in [-0.2, 0) is 31.9 Å². The van der Waals surface area contributed by atoms with E-state index in [4.69, 9.17) is 14.2 Å². The van der Waals surface area contributed by atoms with Crippen molar-refractivity contribution < 1.29 is 33.4 Å². The van der Waals surface area contributed by atoms with Crippen molar-refractivity contribution >= 4 is 40.7 Å². The quantitative estimate of drug-likeness (QED) is 0.231. The average molecular weight is 804 g/mol. The summed E-state index contributed by atoms with van der Waals surface area (Å²) in [7, 11) is 3.00.